The summed E-state index contributed by atoms with van der Waals surface area (Å²) in [7, 11) is -3.98. The molecule has 1 aliphatic rings. The van der Waals surface area contributed by atoms with Crippen molar-refractivity contribution in [1.82, 2.24) is 4.72 Å². The van der Waals surface area contributed by atoms with Crippen molar-refractivity contribution >= 4 is 27.0 Å². The van der Waals surface area contributed by atoms with Gasteiger partial charge in [-0.2, -0.15) is 21.3 Å². The van der Waals surface area contributed by atoms with Crippen LogP contribution < -0.4 is 4.72 Å². The molecule has 1 aromatic heterocycles. The Morgan fingerprint density at radius 1 is 1.35 bits per heavy atom. The molecule has 118 valence electrons. The third kappa shape index (κ3) is 2.96. The number of nitrogens with one attached hydrogen (secondary N) is 1. The Morgan fingerprint density at radius 2 is 2.09 bits per heavy atom. The van der Waals surface area contributed by atoms with E-state index in [-0.39, 0.29) is 10.6 Å². The molecule has 0 bridgehead atoms. The van der Waals surface area contributed by atoms with E-state index in [1.807, 2.05) is 6.07 Å². The van der Waals surface area contributed by atoms with Crippen LogP contribution in [-0.4, -0.2) is 18.9 Å². The lowest BCUT2D eigenvalue weighted by Gasteiger charge is -2.11. The monoisotopic (exact) mass is 349 g/mol. The van der Waals surface area contributed by atoms with Gasteiger partial charge in [0.1, 0.15) is 5.54 Å². The number of nitro groups is 1. The van der Waals surface area contributed by atoms with Crippen molar-refractivity contribution in [2.75, 3.05) is 0 Å². The number of rotatable bonds is 5. The Labute approximate surface area is 136 Å². The predicted octanol–water partition coefficient (Wildman–Crippen LogP) is 2.66. The third-order valence-corrected chi connectivity index (χ3v) is 5.82. The van der Waals surface area contributed by atoms with Crippen molar-refractivity contribution in [3.8, 4) is 17.2 Å². The first-order chi connectivity index (χ1) is 10.9. The molecule has 9 heteroatoms. The molecule has 0 atom stereocenters. The maximum absolute atomic E-state index is 12.3. The van der Waals surface area contributed by atoms with Crippen LogP contribution in [0.25, 0.3) is 11.1 Å². The number of hydrogen-bond donors (Lipinski definition) is 1. The second-order valence-corrected chi connectivity index (χ2v) is 7.71. The zero-order valence-electron chi connectivity index (χ0n) is 11.7. The molecular weight excluding hydrogens is 338 g/mol. The number of nitriles is 1. The Hall–Kier alpha value is -2.28. The van der Waals surface area contributed by atoms with Crippen molar-refractivity contribution in [1.29, 1.82) is 5.26 Å². The Bertz CT molecular complexity index is 910. The molecule has 0 amide bonds. The van der Waals surface area contributed by atoms with E-state index < -0.39 is 20.5 Å². The molecule has 0 saturated heterocycles. The van der Waals surface area contributed by atoms with Gasteiger partial charge in [-0.25, -0.2) is 8.42 Å². The highest BCUT2D eigenvalue weighted by molar-refractivity contribution is 7.89. The fraction of sp³-hybridized carbons (Fsp3) is 0.214. The van der Waals surface area contributed by atoms with Gasteiger partial charge in [-0.05, 0) is 47.4 Å². The molecule has 7 nitrogen and oxygen atoms in total. The minimum Gasteiger partial charge on any atom is -0.258 e. The van der Waals surface area contributed by atoms with Gasteiger partial charge in [0.25, 0.3) is 5.69 Å². The molecule has 0 spiro atoms. The Kier molecular flexibility index (Phi) is 3.68. The van der Waals surface area contributed by atoms with Crippen molar-refractivity contribution in [2.24, 2.45) is 0 Å². The average Bonchev–Trinajstić information content (AvgIpc) is 3.07. The predicted molar refractivity (Wildman–Crippen MR) is 84.3 cm³/mol. The van der Waals surface area contributed by atoms with Crippen LogP contribution in [0.4, 0.5) is 5.69 Å². The highest BCUT2D eigenvalue weighted by atomic mass is 32.2. The number of nitrogens with zero attached hydrogens (tertiary/aromatic N) is 2. The van der Waals surface area contributed by atoms with E-state index in [0.717, 1.165) is 6.07 Å². The van der Waals surface area contributed by atoms with E-state index in [4.69, 9.17) is 5.26 Å². The van der Waals surface area contributed by atoms with E-state index in [2.05, 4.69) is 4.72 Å². The van der Waals surface area contributed by atoms with E-state index in [1.54, 1.807) is 16.8 Å². The lowest BCUT2D eigenvalue weighted by Crippen LogP contribution is -2.35. The van der Waals surface area contributed by atoms with E-state index in [9.17, 15) is 18.5 Å². The summed E-state index contributed by atoms with van der Waals surface area (Å²) >= 11 is 1.39. The zero-order valence-corrected chi connectivity index (χ0v) is 13.4. The molecule has 3 rings (SSSR count). The first kappa shape index (κ1) is 15.6. The lowest BCUT2D eigenvalue weighted by molar-refractivity contribution is -0.384. The van der Waals surface area contributed by atoms with E-state index >= 15 is 0 Å². The van der Waals surface area contributed by atoms with Crippen LogP contribution in [0.15, 0.2) is 39.9 Å². The minimum absolute atomic E-state index is 0.218. The SMILES string of the molecule is N#CC1(NS(=O)(=O)c2ccc(-c3ccsc3)c([N+](=O)[O-])c2)CC1. The molecule has 1 saturated carbocycles. The first-order valence-electron chi connectivity index (χ1n) is 6.63. The molecule has 2 aromatic rings. The second-order valence-electron chi connectivity index (χ2n) is 5.25. The molecule has 0 radical (unpaired) electrons. The number of hydrogen-bond acceptors (Lipinski definition) is 6. The first-order valence-corrected chi connectivity index (χ1v) is 9.06. The van der Waals surface area contributed by atoms with Crippen LogP contribution in [0, 0.1) is 21.4 Å². The van der Waals surface area contributed by atoms with Crippen LogP contribution in [-0.2, 0) is 10.0 Å². The van der Waals surface area contributed by atoms with Gasteiger partial charge in [-0.3, -0.25) is 10.1 Å². The van der Waals surface area contributed by atoms with Crippen LogP contribution in [0.2, 0.25) is 0 Å². The number of benzene rings is 1. The Morgan fingerprint density at radius 3 is 2.61 bits per heavy atom. The van der Waals surface area contributed by atoms with Gasteiger partial charge in [-0.1, -0.05) is 0 Å². The van der Waals surface area contributed by atoms with Gasteiger partial charge in [0, 0.05) is 6.07 Å². The van der Waals surface area contributed by atoms with Gasteiger partial charge in [0.05, 0.1) is 21.5 Å². The fourth-order valence-corrected chi connectivity index (χ4v) is 4.22. The van der Waals surface area contributed by atoms with Crippen LogP contribution in [0.3, 0.4) is 0 Å². The van der Waals surface area contributed by atoms with Crippen molar-refractivity contribution in [3.63, 3.8) is 0 Å². The summed E-state index contributed by atoms with van der Waals surface area (Å²) < 4.78 is 27.0. The van der Waals surface area contributed by atoms with Gasteiger partial charge in [-0.15, -0.1) is 0 Å². The lowest BCUT2D eigenvalue weighted by atomic mass is 10.1. The van der Waals surface area contributed by atoms with E-state index in [0.29, 0.717) is 24.0 Å². The second kappa shape index (κ2) is 5.42. The third-order valence-electron chi connectivity index (χ3n) is 3.60. The molecular formula is C14H11N3O4S2. The molecule has 1 aromatic carbocycles. The zero-order chi connectivity index (χ0) is 16.7. The fourth-order valence-electron chi connectivity index (χ4n) is 2.17. The molecule has 23 heavy (non-hydrogen) atoms. The Balaban J connectivity index is 2.03. The van der Waals surface area contributed by atoms with Crippen molar-refractivity contribution in [3.05, 3.63) is 45.1 Å². The number of nitro benzene ring substituents is 1. The normalized spacial score (nSPS) is 15.8. The summed E-state index contributed by atoms with van der Waals surface area (Å²) in [5.41, 5.74) is -0.335. The summed E-state index contributed by atoms with van der Waals surface area (Å²) in [6.07, 6.45) is 0.885. The van der Waals surface area contributed by atoms with Crippen molar-refractivity contribution in [2.45, 2.75) is 23.3 Å². The van der Waals surface area contributed by atoms with Gasteiger partial charge < -0.3 is 0 Å². The van der Waals surface area contributed by atoms with Gasteiger partial charge in [0.2, 0.25) is 10.0 Å². The average molecular weight is 349 g/mol. The minimum atomic E-state index is -3.98. The molecule has 1 N–H and O–H groups in total. The van der Waals surface area contributed by atoms with Gasteiger partial charge >= 0.3 is 0 Å². The molecule has 1 heterocycles. The number of thiophene rings is 1. The van der Waals surface area contributed by atoms with E-state index in [1.165, 1.54) is 23.5 Å². The molecule has 1 fully saturated rings. The van der Waals surface area contributed by atoms with Crippen molar-refractivity contribution < 1.29 is 13.3 Å². The molecule has 0 unspecified atom stereocenters. The molecule has 0 aliphatic heterocycles. The maximum atomic E-state index is 12.3. The summed E-state index contributed by atoms with van der Waals surface area (Å²) in [6, 6.07) is 7.42. The number of sulfonamides is 1. The van der Waals surface area contributed by atoms with Crippen LogP contribution in [0.1, 0.15) is 12.8 Å². The maximum Gasteiger partial charge on any atom is 0.278 e. The highest BCUT2D eigenvalue weighted by Crippen LogP contribution is 2.37. The highest BCUT2D eigenvalue weighted by Gasteiger charge is 2.47. The standard InChI is InChI=1S/C14H11N3O4S2/c15-9-14(4-5-14)16-23(20,21)11-1-2-12(10-3-6-22-8-10)13(7-11)17(18)19/h1-3,6-8,16H,4-5H2. The summed E-state index contributed by atoms with van der Waals surface area (Å²) in [5.74, 6) is 0. The van der Waals surface area contributed by atoms with Crippen LogP contribution >= 0.6 is 11.3 Å². The van der Waals surface area contributed by atoms with Gasteiger partial charge in [0.15, 0.2) is 0 Å². The largest absolute Gasteiger partial charge is 0.278 e. The summed E-state index contributed by atoms with van der Waals surface area (Å²) in [6.45, 7) is 0. The topological polar surface area (TPSA) is 113 Å². The van der Waals surface area contributed by atoms with Crippen LogP contribution in [0.5, 0.6) is 0 Å². The smallest absolute Gasteiger partial charge is 0.258 e. The summed E-state index contributed by atoms with van der Waals surface area (Å²) in [4.78, 5) is 10.5. The summed E-state index contributed by atoms with van der Waals surface area (Å²) in [5, 5.41) is 23.8. The quantitative estimate of drug-likeness (QED) is 0.658. The molecule has 1 aliphatic carbocycles.